The molecule has 1 fully saturated rings. The second-order valence-corrected chi connectivity index (χ2v) is 8.17. The van der Waals surface area contributed by atoms with E-state index in [1.165, 1.54) is 0 Å². The number of carbonyl (C=O) groups is 2. The molecule has 164 valence electrons. The third kappa shape index (κ3) is 4.30. The Hall–Kier alpha value is -3.80. The fourth-order valence-corrected chi connectivity index (χ4v) is 4.02. The maximum absolute atomic E-state index is 12.9. The Morgan fingerprint density at radius 3 is 1.53 bits per heavy atom. The van der Waals surface area contributed by atoms with Gasteiger partial charge in [-0.3, -0.25) is 9.59 Å². The van der Waals surface area contributed by atoms with Gasteiger partial charge in [-0.15, -0.1) is 0 Å². The Balaban J connectivity index is 1.39. The molecule has 3 aromatic rings. The SMILES string of the molecule is Cc1cc(C(=O)N2CCN(C(=O)c3ccc(-c4ccc(O)cc4)cc3)CC2)cc(C)c1O. The third-order valence-corrected chi connectivity index (χ3v) is 5.92. The van der Waals surface area contributed by atoms with Gasteiger partial charge in [-0.2, -0.15) is 0 Å². The summed E-state index contributed by atoms with van der Waals surface area (Å²) in [5.41, 5.74) is 4.46. The van der Waals surface area contributed by atoms with E-state index < -0.39 is 0 Å². The van der Waals surface area contributed by atoms with Crippen molar-refractivity contribution in [3.8, 4) is 22.6 Å². The molecule has 0 bridgehead atoms. The summed E-state index contributed by atoms with van der Waals surface area (Å²) in [5.74, 6) is 0.300. The molecule has 2 amide bonds. The van der Waals surface area contributed by atoms with Crippen LogP contribution in [0, 0.1) is 13.8 Å². The molecule has 6 heteroatoms. The molecule has 0 saturated carbocycles. The molecule has 32 heavy (non-hydrogen) atoms. The lowest BCUT2D eigenvalue weighted by atomic mass is 10.0. The number of phenols is 2. The molecule has 6 nitrogen and oxygen atoms in total. The molecule has 0 aromatic heterocycles. The Morgan fingerprint density at radius 1 is 0.656 bits per heavy atom. The van der Waals surface area contributed by atoms with Gasteiger partial charge in [-0.05, 0) is 72.5 Å². The Labute approximate surface area is 187 Å². The summed E-state index contributed by atoms with van der Waals surface area (Å²) >= 11 is 0. The van der Waals surface area contributed by atoms with Gasteiger partial charge in [0.2, 0.25) is 0 Å². The summed E-state index contributed by atoms with van der Waals surface area (Å²) in [6.07, 6.45) is 0. The number of hydrogen-bond donors (Lipinski definition) is 2. The summed E-state index contributed by atoms with van der Waals surface area (Å²) in [4.78, 5) is 29.3. The topological polar surface area (TPSA) is 81.1 Å². The number of phenolic OH excluding ortho intramolecular Hbond substituents is 2. The number of benzene rings is 3. The average Bonchev–Trinajstić information content (AvgIpc) is 2.82. The van der Waals surface area contributed by atoms with Crippen molar-refractivity contribution in [3.05, 3.63) is 82.9 Å². The van der Waals surface area contributed by atoms with Gasteiger partial charge >= 0.3 is 0 Å². The molecule has 3 aromatic carbocycles. The molecule has 0 radical (unpaired) electrons. The number of piperazine rings is 1. The summed E-state index contributed by atoms with van der Waals surface area (Å²) < 4.78 is 0. The molecular weight excluding hydrogens is 404 g/mol. The molecule has 0 unspecified atom stereocenters. The van der Waals surface area contributed by atoms with Crippen LogP contribution in [0.4, 0.5) is 0 Å². The van der Waals surface area contributed by atoms with E-state index in [2.05, 4.69) is 0 Å². The van der Waals surface area contributed by atoms with Gasteiger partial charge in [0.05, 0.1) is 0 Å². The first-order chi connectivity index (χ1) is 15.3. The van der Waals surface area contributed by atoms with Crippen LogP contribution in [-0.2, 0) is 0 Å². The predicted octanol–water partition coefficient (Wildman–Crippen LogP) is 3.98. The molecule has 0 aliphatic carbocycles. The number of aryl methyl sites for hydroxylation is 2. The molecule has 1 saturated heterocycles. The first-order valence-electron chi connectivity index (χ1n) is 10.6. The highest BCUT2D eigenvalue weighted by Crippen LogP contribution is 2.25. The van der Waals surface area contributed by atoms with Gasteiger partial charge in [0, 0.05) is 37.3 Å². The van der Waals surface area contributed by atoms with E-state index in [1.54, 1.807) is 47.9 Å². The number of hydrogen-bond acceptors (Lipinski definition) is 4. The van der Waals surface area contributed by atoms with Crippen molar-refractivity contribution >= 4 is 11.8 Å². The molecule has 0 spiro atoms. The largest absolute Gasteiger partial charge is 0.508 e. The van der Waals surface area contributed by atoms with Gasteiger partial charge in [0.25, 0.3) is 11.8 Å². The zero-order valence-electron chi connectivity index (χ0n) is 18.2. The molecule has 4 rings (SSSR count). The molecule has 1 heterocycles. The van der Waals surface area contributed by atoms with Crippen LogP contribution in [0.2, 0.25) is 0 Å². The van der Waals surface area contributed by atoms with Crippen LogP contribution in [0.1, 0.15) is 31.8 Å². The molecule has 1 aliphatic heterocycles. The first-order valence-corrected chi connectivity index (χ1v) is 10.6. The van der Waals surface area contributed by atoms with Crippen LogP contribution in [0.25, 0.3) is 11.1 Å². The highest BCUT2D eigenvalue weighted by molar-refractivity contribution is 5.96. The van der Waals surface area contributed by atoms with Crippen molar-refractivity contribution in [3.63, 3.8) is 0 Å². The summed E-state index contributed by atoms with van der Waals surface area (Å²) in [6.45, 7) is 5.44. The quantitative estimate of drug-likeness (QED) is 0.659. The second kappa shape index (κ2) is 8.75. The van der Waals surface area contributed by atoms with E-state index in [0.29, 0.717) is 48.4 Å². The van der Waals surface area contributed by atoms with Gasteiger partial charge in [-0.1, -0.05) is 24.3 Å². The normalized spacial score (nSPS) is 13.8. The van der Waals surface area contributed by atoms with Crippen LogP contribution >= 0.6 is 0 Å². The van der Waals surface area contributed by atoms with Gasteiger partial charge in [0.1, 0.15) is 11.5 Å². The number of carbonyl (C=O) groups excluding carboxylic acids is 2. The minimum absolute atomic E-state index is 0.0503. The number of nitrogens with zero attached hydrogens (tertiary/aromatic N) is 2. The van der Waals surface area contributed by atoms with E-state index in [9.17, 15) is 19.8 Å². The fraction of sp³-hybridized carbons (Fsp3) is 0.231. The van der Waals surface area contributed by atoms with Gasteiger partial charge in [-0.25, -0.2) is 0 Å². The van der Waals surface area contributed by atoms with Crippen molar-refractivity contribution in [2.45, 2.75) is 13.8 Å². The Kier molecular flexibility index (Phi) is 5.86. The average molecular weight is 431 g/mol. The van der Waals surface area contributed by atoms with E-state index in [4.69, 9.17) is 0 Å². The van der Waals surface area contributed by atoms with E-state index in [1.807, 2.05) is 36.4 Å². The maximum Gasteiger partial charge on any atom is 0.253 e. The lowest BCUT2D eigenvalue weighted by Crippen LogP contribution is -2.50. The zero-order valence-corrected chi connectivity index (χ0v) is 18.2. The van der Waals surface area contributed by atoms with Crippen molar-refractivity contribution in [1.82, 2.24) is 9.80 Å². The maximum atomic E-state index is 12.9. The Bertz CT molecular complexity index is 1120. The Morgan fingerprint density at radius 2 is 1.06 bits per heavy atom. The van der Waals surface area contributed by atoms with Crippen LogP contribution < -0.4 is 0 Å². The van der Waals surface area contributed by atoms with Crippen molar-refractivity contribution < 1.29 is 19.8 Å². The summed E-state index contributed by atoms with van der Waals surface area (Å²) in [6, 6.07) is 17.8. The van der Waals surface area contributed by atoms with Crippen LogP contribution in [-0.4, -0.2) is 58.0 Å². The monoisotopic (exact) mass is 430 g/mol. The minimum Gasteiger partial charge on any atom is -0.508 e. The lowest BCUT2D eigenvalue weighted by Gasteiger charge is -2.35. The minimum atomic E-state index is -0.0819. The highest BCUT2D eigenvalue weighted by atomic mass is 16.3. The summed E-state index contributed by atoms with van der Waals surface area (Å²) in [7, 11) is 0. The second-order valence-electron chi connectivity index (χ2n) is 8.17. The van der Waals surface area contributed by atoms with Crippen molar-refractivity contribution in [2.24, 2.45) is 0 Å². The standard InChI is InChI=1S/C26H26N2O4/c1-17-15-22(16-18(2)24(17)30)26(32)28-13-11-27(12-14-28)25(31)21-5-3-19(4-6-21)20-7-9-23(29)10-8-20/h3-10,15-16,29-30H,11-14H2,1-2H3. The van der Waals surface area contributed by atoms with Gasteiger partial charge in [0.15, 0.2) is 0 Å². The predicted molar refractivity (Wildman–Crippen MR) is 123 cm³/mol. The van der Waals surface area contributed by atoms with Crippen LogP contribution in [0.5, 0.6) is 11.5 Å². The number of rotatable bonds is 3. The van der Waals surface area contributed by atoms with E-state index in [0.717, 1.165) is 11.1 Å². The fourth-order valence-electron chi connectivity index (χ4n) is 4.02. The van der Waals surface area contributed by atoms with E-state index in [-0.39, 0.29) is 23.3 Å². The molecular formula is C26H26N2O4. The molecule has 2 N–H and O–H groups in total. The van der Waals surface area contributed by atoms with Crippen molar-refractivity contribution in [2.75, 3.05) is 26.2 Å². The van der Waals surface area contributed by atoms with Gasteiger partial charge < -0.3 is 20.0 Å². The lowest BCUT2D eigenvalue weighted by molar-refractivity contribution is 0.0535. The zero-order chi connectivity index (χ0) is 22.8. The van der Waals surface area contributed by atoms with Crippen molar-refractivity contribution in [1.29, 1.82) is 0 Å². The number of amides is 2. The highest BCUT2D eigenvalue weighted by Gasteiger charge is 2.26. The van der Waals surface area contributed by atoms with Crippen LogP contribution in [0.15, 0.2) is 60.7 Å². The van der Waals surface area contributed by atoms with E-state index >= 15 is 0 Å². The summed E-state index contributed by atoms with van der Waals surface area (Å²) in [5, 5.41) is 19.4. The smallest absolute Gasteiger partial charge is 0.253 e. The molecule has 0 atom stereocenters. The number of aromatic hydroxyl groups is 2. The first kappa shape index (κ1) is 21.4. The third-order valence-electron chi connectivity index (χ3n) is 5.92. The molecule has 1 aliphatic rings. The van der Waals surface area contributed by atoms with Crippen LogP contribution in [0.3, 0.4) is 0 Å².